The first kappa shape index (κ1) is 23.3. The lowest BCUT2D eigenvalue weighted by molar-refractivity contribution is 0.0956. The van der Waals surface area contributed by atoms with E-state index in [0.29, 0.717) is 31.7 Å². The summed E-state index contributed by atoms with van der Waals surface area (Å²) in [6.07, 6.45) is 0. The molecule has 1 heterocycles. The Kier molecular flexibility index (Phi) is 7.06. The zero-order valence-electron chi connectivity index (χ0n) is 18.9. The van der Waals surface area contributed by atoms with Crippen LogP contribution in [0.3, 0.4) is 0 Å². The second kappa shape index (κ2) is 9.40. The van der Waals surface area contributed by atoms with Crippen molar-refractivity contribution in [3.8, 4) is 0 Å². The molecule has 1 aliphatic heterocycles. The van der Waals surface area contributed by atoms with Gasteiger partial charge in [-0.3, -0.25) is 4.79 Å². The van der Waals surface area contributed by atoms with Crippen LogP contribution in [0.1, 0.15) is 42.3 Å². The van der Waals surface area contributed by atoms with Crippen LogP contribution < -0.4 is 10.2 Å². The summed E-state index contributed by atoms with van der Waals surface area (Å²) in [5, 5.41) is 2.74. The van der Waals surface area contributed by atoms with Crippen molar-refractivity contribution >= 4 is 21.6 Å². The van der Waals surface area contributed by atoms with Gasteiger partial charge < -0.3 is 10.2 Å². The molecule has 2 aromatic rings. The zero-order valence-corrected chi connectivity index (χ0v) is 19.7. The quantitative estimate of drug-likeness (QED) is 0.745. The fourth-order valence-electron chi connectivity index (χ4n) is 3.70. The van der Waals surface area contributed by atoms with Crippen LogP contribution in [0.2, 0.25) is 0 Å². The third-order valence-electron chi connectivity index (χ3n) is 5.66. The van der Waals surface area contributed by atoms with E-state index in [0.717, 1.165) is 11.3 Å². The Morgan fingerprint density at radius 1 is 1.00 bits per heavy atom. The molecule has 1 amide bonds. The standard InChI is InChI=1S/C24H33N3O3S/c1-19-6-5-7-22(18-19)26-13-15-27(16-14-26)31(29,30)17-12-25-23(28)20-8-10-21(11-9-20)24(2,3)4/h5-11,18H,12-17H2,1-4H3,(H,25,28). The number of rotatable bonds is 6. The van der Waals surface area contributed by atoms with E-state index < -0.39 is 10.0 Å². The summed E-state index contributed by atoms with van der Waals surface area (Å²) in [6, 6.07) is 15.7. The average molecular weight is 444 g/mol. The molecule has 1 fully saturated rings. The average Bonchev–Trinajstić information content (AvgIpc) is 2.73. The smallest absolute Gasteiger partial charge is 0.251 e. The van der Waals surface area contributed by atoms with Crippen LogP contribution in [0.15, 0.2) is 48.5 Å². The van der Waals surface area contributed by atoms with Gasteiger partial charge in [0.25, 0.3) is 5.91 Å². The van der Waals surface area contributed by atoms with Crippen molar-refractivity contribution in [1.29, 1.82) is 0 Å². The van der Waals surface area contributed by atoms with Gasteiger partial charge >= 0.3 is 0 Å². The fraction of sp³-hybridized carbons (Fsp3) is 0.458. The van der Waals surface area contributed by atoms with Gasteiger partial charge in [-0.05, 0) is 47.7 Å². The first-order chi connectivity index (χ1) is 14.6. The van der Waals surface area contributed by atoms with Crippen LogP contribution in [0.4, 0.5) is 5.69 Å². The second-order valence-corrected chi connectivity index (χ2v) is 11.2. The molecule has 168 valence electrons. The Bertz CT molecular complexity index is 1000. The summed E-state index contributed by atoms with van der Waals surface area (Å²) >= 11 is 0. The lowest BCUT2D eigenvalue weighted by atomic mass is 9.87. The van der Waals surface area contributed by atoms with Crippen LogP contribution in [-0.4, -0.2) is 57.1 Å². The number of benzene rings is 2. The molecule has 0 saturated carbocycles. The second-order valence-electron chi connectivity index (χ2n) is 9.12. The van der Waals surface area contributed by atoms with E-state index in [2.05, 4.69) is 56.1 Å². The van der Waals surface area contributed by atoms with Crippen molar-refractivity contribution in [2.45, 2.75) is 33.1 Å². The number of carbonyl (C=O) groups excluding carboxylic acids is 1. The normalized spacial score (nSPS) is 15.7. The van der Waals surface area contributed by atoms with E-state index in [4.69, 9.17) is 0 Å². The molecule has 3 rings (SSSR count). The molecule has 7 heteroatoms. The number of sulfonamides is 1. The predicted molar refractivity (Wildman–Crippen MR) is 126 cm³/mol. The Hall–Kier alpha value is -2.38. The van der Waals surface area contributed by atoms with Gasteiger partial charge in [-0.1, -0.05) is 45.0 Å². The highest BCUT2D eigenvalue weighted by Gasteiger charge is 2.27. The van der Waals surface area contributed by atoms with Crippen molar-refractivity contribution < 1.29 is 13.2 Å². The van der Waals surface area contributed by atoms with Gasteiger partial charge in [0.2, 0.25) is 10.0 Å². The van der Waals surface area contributed by atoms with E-state index in [9.17, 15) is 13.2 Å². The molecule has 6 nitrogen and oxygen atoms in total. The summed E-state index contributed by atoms with van der Waals surface area (Å²) in [5.74, 6) is -0.344. The highest BCUT2D eigenvalue weighted by atomic mass is 32.2. The molecular formula is C24H33N3O3S. The number of amides is 1. The molecule has 0 radical (unpaired) electrons. The van der Waals surface area contributed by atoms with E-state index >= 15 is 0 Å². The van der Waals surface area contributed by atoms with Gasteiger partial charge in [-0.2, -0.15) is 4.31 Å². The summed E-state index contributed by atoms with van der Waals surface area (Å²) < 4.78 is 27.0. The van der Waals surface area contributed by atoms with Crippen LogP contribution >= 0.6 is 0 Å². The van der Waals surface area contributed by atoms with Crippen molar-refractivity contribution in [2.24, 2.45) is 0 Å². The largest absolute Gasteiger partial charge is 0.369 e. The van der Waals surface area contributed by atoms with Gasteiger partial charge in [-0.25, -0.2) is 8.42 Å². The first-order valence-electron chi connectivity index (χ1n) is 10.7. The lowest BCUT2D eigenvalue weighted by Gasteiger charge is -2.35. The highest BCUT2D eigenvalue weighted by molar-refractivity contribution is 7.89. The van der Waals surface area contributed by atoms with E-state index in [1.807, 2.05) is 18.2 Å². The molecule has 0 unspecified atom stereocenters. The molecule has 0 aromatic heterocycles. The highest BCUT2D eigenvalue weighted by Crippen LogP contribution is 2.22. The Morgan fingerprint density at radius 2 is 1.65 bits per heavy atom. The number of hydrogen-bond acceptors (Lipinski definition) is 4. The summed E-state index contributed by atoms with van der Waals surface area (Å²) in [4.78, 5) is 14.6. The Balaban J connectivity index is 1.48. The molecule has 1 saturated heterocycles. The van der Waals surface area contributed by atoms with Crippen molar-refractivity contribution in [1.82, 2.24) is 9.62 Å². The number of hydrogen-bond donors (Lipinski definition) is 1. The number of piperazine rings is 1. The molecule has 1 aliphatic rings. The van der Waals surface area contributed by atoms with Gasteiger partial charge in [0.1, 0.15) is 0 Å². The Morgan fingerprint density at radius 3 is 2.23 bits per heavy atom. The molecule has 0 bridgehead atoms. The van der Waals surface area contributed by atoms with Crippen LogP contribution in [0, 0.1) is 6.92 Å². The fourth-order valence-corrected chi connectivity index (χ4v) is 5.03. The maximum Gasteiger partial charge on any atom is 0.251 e. The Labute approximate surface area is 186 Å². The molecule has 0 atom stereocenters. The third kappa shape index (κ3) is 6.08. The van der Waals surface area contributed by atoms with Crippen molar-refractivity contribution in [3.05, 3.63) is 65.2 Å². The molecule has 31 heavy (non-hydrogen) atoms. The van der Waals surface area contributed by atoms with Crippen molar-refractivity contribution in [2.75, 3.05) is 43.4 Å². The number of nitrogens with one attached hydrogen (secondary N) is 1. The summed E-state index contributed by atoms with van der Waals surface area (Å²) in [7, 11) is -3.41. The van der Waals surface area contributed by atoms with E-state index in [1.54, 1.807) is 12.1 Å². The van der Waals surface area contributed by atoms with Gasteiger partial charge in [-0.15, -0.1) is 0 Å². The molecule has 0 aliphatic carbocycles. The number of carbonyl (C=O) groups is 1. The molecule has 0 spiro atoms. The molecular weight excluding hydrogens is 410 g/mol. The third-order valence-corrected chi connectivity index (χ3v) is 7.53. The first-order valence-corrected chi connectivity index (χ1v) is 12.4. The van der Waals surface area contributed by atoms with Crippen LogP contribution in [-0.2, 0) is 15.4 Å². The summed E-state index contributed by atoms with van der Waals surface area (Å²) in [6.45, 7) is 10.7. The number of nitrogens with zero attached hydrogens (tertiary/aromatic N) is 2. The van der Waals surface area contributed by atoms with Crippen LogP contribution in [0.5, 0.6) is 0 Å². The van der Waals surface area contributed by atoms with E-state index in [-0.39, 0.29) is 23.6 Å². The van der Waals surface area contributed by atoms with Gasteiger partial charge in [0, 0.05) is 44.0 Å². The maximum atomic E-state index is 12.7. The van der Waals surface area contributed by atoms with Gasteiger partial charge in [0.05, 0.1) is 5.75 Å². The monoisotopic (exact) mass is 443 g/mol. The van der Waals surface area contributed by atoms with Crippen molar-refractivity contribution in [3.63, 3.8) is 0 Å². The minimum absolute atomic E-state index is 0.0203. The molecule has 2 aromatic carbocycles. The van der Waals surface area contributed by atoms with E-state index in [1.165, 1.54) is 9.87 Å². The SMILES string of the molecule is Cc1cccc(N2CCN(S(=O)(=O)CCNC(=O)c3ccc(C(C)(C)C)cc3)CC2)c1. The number of anilines is 1. The minimum Gasteiger partial charge on any atom is -0.369 e. The summed E-state index contributed by atoms with van der Waals surface area (Å²) in [5.41, 5.74) is 4.03. The lowest BCUT2D eigenvalue weighted by Crippen LogP contribution is -2.50. The maximum absolute atomic E-state index is 12.7. The van der Waals surface area contributed by atoms with Gasteiger partial charge in [0.15, 0.2) is 0 Å². The zero-order chi connectivity index (χ0) is 22.6. The molecule has 1 N–H and O–H groups in total. The number of aryl methyl sites for hydroxylation is 1. The minimum atomic E-state index is -3.41. The predicted octanol–water partition coefficient (Wildman–Crippen LogP) is 3.17. The topological polar surface area (TPSA) is 69.7 Å². The van der Waals surface area contributed by atoms with Crippen LogP contribution in [0.25, 0.3) is 0 Å².